The summed E-state index contributed by atoms with van der Waals surface area (Å²) in [5.41, 5.74) is 0. The number of β-amino-alcohol motifs (C(OH)–C–C–N with tert-alkyl or cyclic N) is 1. The van der Waals surface area contributed by atoms with Crippen LogP contribution in [0.15, 0.2) is 0 Å². The topological polar surface area (TPSA) is 72.9 Å². The number of nitrogens with one attached hydrogen (secondary N) is 1. The number of amides is 2. The molecule has 0 aromatic heterocycles. The molecule has 136 valence electrons. The summed E-state index contributed by atoms with van der Waals surface area (Å²) in [6.07, 6.45) is 7.73. The van der Waals surface area contributed by atoms with Crippen LogP contribution in [0.5, 0.6) is 0 Å². The van der Waals surface area contributed by atoms with Crippen LogP contribution in [0, 0.1) is 0 Å². The lowest BCUT2D eigenvalue weighted by Crippen LogP contribution is -2.53. The Morgan fingerprint density at radius 1 is 1.04 bits per heavy atom. The molecule has 1 saturated carbocycles. The van der Waals surface area contributed by atoms with Gasteiger partial charge in [0.05, 0.1) is 12.1 Å². The summed E-state index contributed by atoms with van der Waals surface area (Å²) in [5, 5.41) is 13.3. The SMILES string of the molecule is CC(=O)N1CCC(N2C[C@H](O)C[C@H]2C(=O)NC2CCCCC2)CC1. The van der Waals surface area contributed by atoms with Gasteiger partial charge >= 0.3 is 0 Å². The van der Waals surface area contributed by atoms with Gasteiger partial charge in [0.25, 0.3) is 0 Å². The van der Waals surface area contributed by atoms with E-state index in [1.807, 2.05) is 4.90 Å². The molecule has 0 unspecified atom stereocenters. The van der Waals surface area contributed by atoms with Gasteiger partial charge < -0.3 is 15.3 Å². The molecule has 2 amide bonds. The molecule has 24 heavy (non-hydrogen) atoms. The highest BCUT2D eigenvalue weighted by atomic mass is 16.3. The molecule has 3 fully saturated rings. The van der Waals surface area contributed by atoms with E-state index in [2.05, 4.69) is 10.2 Å². The van der Waals surface area contributed by atoms with Crippen molar-refractivity contribution in [1.29, 1.82) is 0 Å². The van der Waals surface area contributed by atoms with Crippen molar-refractivity contribution in [2.75, 3.05) is 19.6 Å². The fraction of sp³-hybridized carbons (Fsp3) is 0.889. The lowest BCUT2D eigenvalue weighted by atomic mass is 9.95. The molecule has 2 saturated heterocycles. The van der Waals surface area contributed by atoms with Gasteiger partial charge in [-0.05, 0) is 32.1 Å². The fourth-order valence-electron chi connectivity index (χ4n) is 4.56. The Morgan fingerprint density at radius 3 is 2.33 bits per heavy atom. The zero-order chi connectivity index (χ0) is 17.1. The van der Waals surface area contributed by atoms with Crippen molar-refractivity contribution in [1.82, 2.24) is 15.1 Å². The predicted molar refractivity (Wildman–Crippen MR) is 91.4 cm³/mol. The van der Waals surface area contributed by atoms with Gasteiger partial charge in [-0.15, -0.1) is 0 Å². The molecule has 0 aromatic carbocycles. The molecule has 2 aliphatic heterocycles. The van der Waals surface area contributed by atoms with Crippen LogP contribution < -0.4 is 5.32 Å². The molecule has 0 spiro atoms. The number of likely N-dealkylation sites (tertiary alicyclic amines) is 2. The van der Waals surface area contributed by atoms with Crippen LogP contribution in [-0.2, 0) is 9.59 Å². The Balaban J connectivity index is 1.57. The third-order valence-electron chi connectivity index (χ3n) is 5.95. The summed E-state index contributed by atoms with van der Waals surface area (Å²) in [4.78, 5) is 28.3. The Kier molecular flexibility index (Phi) is 5.76. The van der Waals surface area contributed by atoms with Gasteiger partial charge in [0.1, 0.15) is 0 Å². The highest BCUT2D eigenvalue weighted by Gasteiger charge is 2.41. The molecule has 0 bridgehead atoms. The predicted octanol–water partition coefficient (Wildman–Crippen LogP) is 0.881. The largest absolute Gasteiger partial charge is 0.392 e. The molecule has 0 radical (unpaired) electrons. The number of hydrogen-bond acceptors (Lipinski definition) is 4. The number of rotatable bonds is 3. The molecule has 3 rings (SSSR count). The minimum absolute atomic E-state index is 0.0902. The quantitative estimate of drug-likeness (QED) is 0.802. The van der Waals surface area contributed by atoms with Crippen molar-refractivity contribution in [3.05, 3.63) is 0 Å². The van der Waals surface area contributed by atoms with Crippen LogP contribution in [0.2, 0.25) is 0 Å². The first kappa shape index (κ1) is 17.7. The second kappa shape index (κ2) is 7.83. The summed E-state index contributed by atoms with van der Waals surface area (Å²) in [7, 11) is 0. The minimum Gasteiger partial charge on any atom is -0.392 e. The zero-order valence-electron chi connectivity index (χ0n) is 14.7. The van der Waals surface area contributed by atoms with Crippen LogP contribution in [0.1, 0.15) is 58.3 Å². The van der Waals surface area contributed by atoms with Crippen molar-refractivity contribution in [2.45, 2.75) is 82.5 Å². The third kappa shape index (κ3) is 4.09. The van der Waals surface area contributed by atoms with Crippen molar-refractivity contribution in [2.24, 2.45) is 0 Å². The molecular weight excluding hydrogens is 306 g/mol. The van der Waals surface area contributed by atoms with Crippen LogP contribution in [-0.4, -0.2) is 70.6 Å². The van der Waals surface area contributed by atoms with Crippen LogP contribution >= 0.6 is 0 Å². The van der Waals surface area contributed by atoms with E-state index in [9.17, 15) is 14.7 Å². The first-order chi connectivity index (χ1) is 11.5. The van der Waals surface area contributed by atoms with Crippen molar-refractivity contribution < 1.29 is 14.7 Å². The molecule has 6 nitrogen and oxygen atoms in total. The van der Waals surface area contributed by atoms with E-state index in [0.29, 0.717) is 25.0 Å². The number of aliphatic hydroxyl groups excluding tert-OH is 1. The van der Waals surface area contributed by atoms with Crippen molar-refractivity contribution >= 4 is 11.8 Å². The highest BCUT2D eigenvalue weighted by Crippen LogP contribution is 2.27. The maximum absolute atomic E-state index is 12.8. The van der Waals surface area contributed by atoms with Gasteiger partial charge in [0, 0.05) is 38.6 Å². The third-order valence-corrected chi connectivity index (χ3v) is 5.95. The smallest absolute Gasteiger partial charge is 0.237 e. The highest BCUT2D eigenvalue weighted by molar-refractivity contribution is 5.82. The van der Waals surface area contributed by atoms with Gasteiger partial charge in [-0.25, -0.2) is 0 Å². The van der Waals surface area contributed by atoms with E-state index in [4.69, 9.17) is 0 Å². The maximum Gasteiger partial charge on any atom is 0.237 e. The molecular formula is C18H31N3O3. The van der Waals surface area contributed by atoms with Crippen molar-refractivity contribution in [3.63, 3.8) is 0 Å². The van der Waals surface area contributed by atoms with E-state index in [1.54, 1.807) is 6.92 Å². The number of carbonyl (C=O) groups is 2. The number of piperidine rings is 1. The number of hydrogen-bond donors (Lipinski definition) is 2. The molecule has 3 aliphatic rings. The summed E-state index contributed by atoms with van der Waals surface area (Å²) in [5.74, 6) is 0.217. The van der Waals surface area contributed by atoms with Crippen LogP contribution in [0.3, 0.4) is 0 Å². The van der Waals surface area contributed by atoms with Gasteiger partial charge in [-0.1, -0.05) is 19.3 Å². The lowest BCUT2D eigenvalue weighted by molar-refractivity contribution is -0.132. The van der Waals surface area contributed by atoms with E-state index >= 15 is 0 Å². The Labute approximate surface area is 144 Å². The first-order valence-electron chi connectivity index (χ1n) is 9.54. The van der Waals surface area contributed by atoms with E-state index in [1.165, 1.54) is 19.3 Å². The van der Waals surface area contributed by atoms with Gasteiger partial charge in [0.2, 0.25) is 11.8 Å². The summed E-state index contributed by atoms with van der Waals surface area (Å²) >= 11 is 0. The van der Waals surface area contributed by atoms with E-state index in [-0.39, 0.29) is 17.9 Å². The first-order valence-corrected chi connectivity index (χ1v) is 9.54. The van der Waals surface area contributed by atoms with E-state index in [0.717, 1.165) is 38.8 Å². The molecule has 2 atom stereocenters. The molecule has 2 N–H and O–H groups in total. The summed E-state index contributed by atoms with van der Waals surface area (Å²) < 4.78 is 0. The average molecular weight is 337 g/mol. The molecule has 6 heteroatoms. The fourth-order valence-corrected chi connectivity index (χ4v) is 4.56. The lowest BCUT2D eigenvalue weighted by Gasteiger charge is -2.39. The average Bonchev–Trinajstić information content (AvgIpc) is 2.98. The zero-order valence-corrected chi connectivity index (χ0v) is 14.7. The number of aliphatic hydroxyl groups is 1. The maximum atomic E-state index is 12.8. The normalized spacial score (nSPS) is 30.5. The second-order valence-electron chi connectivity index (χ2n) is 7.68. The van der Waals surface area contributed by atoms with Crippen LogP contribution in [0.25, 0.3) is 0 Å². The van der Waals surface area contributed by atoms with Gasteiger partial charge in [0.15, 0.2) is 0 Å². The Hall–Kier alpha value is -1.14. The Morgan fingerprint density at radius 2 is 1.71 bits per heavy atom. The number of nitrogens with zero attached hydrogens (tertiary/aromatic N) is 2. The summed E-state index contributed by atoms with van der Waals surface area (Å²) in [6.45, 7) is 3.70. The molecule has 0 aromatic rings. The Bertz CT molecular complexity index is 456. The van der Waals surface area contributed by atoms with Crippen LogP contribution in [0.4, 0.5) is 0 Å². The molecule has 2 heterocycles. The summed E-state index contributed by atoms with van der Waals surface area (Å²) in [6, 6.07) is 0.390. The van der Waals surface area contributed by atoms with Gasteiger partial charge in [-0.2, -0.15) is 0 Å². The number of carbonyl (C=O) groups excluding carboxylic acids is 2. The second-order valence-corrected chi connectivity index (χ2v) is 7.68. The molecule has 1 aliphatic carbocycles. The van der Waals surface area contributed by atoms with Crippen molar-refractivity contribution in [3.8, 4) is 0 Å². The standard InChI is InChI=1S/C18H31N3O3/c1-13(22)20-9-7-15(8-10-20)21-12-16(23)11-17(21)18(24)19-14-5-3-2-4-6-14/h14-17,23H,2-12H2,1H3,(H,19,24)/t16-,17+/m1/s1. The van der Waals surface area contributed by atoms with Gasteiger partial charge in [-0.3, -0.25) is 14.5 Å². The van der Waals surface area contributed by atoms with E-state index < -0.39 is 6.10 Å². The monoisotopic (exact) mass is 337 g/mol. The minimum atomic E-state index is -0.419.